The summed E-state index contributed by atoms with van der Waals surface area (Å²) in [6.45, 7) is 1.80. The summed E-state index contributed by atoms with van der Waals surface area (Å²) in [6.07, 6.45) is 4.99. The van der Waals surface area contributed by atoms with Gasteiger partial charge in [0.25, 0.3) is 0 Å². The van der Waals surface area contributed by atoms with E-state index in [0.717, 1.165) is 5.57 Å². The summed E-state index contributed by atoms with van der Waals surface area (Å²) in [5.41, 5.74) is 0.836. The van der Waals surface area contributed by atoms with E-state index in [-0.39, 0.29) is 0 Å². The van der Waals surface area contributed by atoms with Gasteiger partial charge in [-0.05, 0) is 18.5 Å². The summed E-state index contributed by atoms with van der Waals surface area (Å²) in [4.78, 5) is 9.67. The van der Waals surface area contributed by atoms with Crippen LogP contribution in [0.5, 0.6) is 0 Å². The Morgan fingerprint density at radius 1 is 1.67 bits per heavy atom. The van der Waals surface area contributed by atoms with Crippen molar-refractivity contribution in [2.24, 2.45) is 0 Å². The van der Waals surface area contributed by atoms with Crippen LogP contribution in [0.2, 0.25) is 0 Å². The zero-order valence-corrected chi connectivity index (χ0v) is 8.62. The van der Waals surface area contributed by atoms with Crippen LogP contribution in [0, 0.1) is 0 Å². The van der Waals surface area contributed by atoms with Crippen LogP contribution in [0.1, 0.15) is 6.92 Å². The number of halogens is 3. The van der Waals surface area contributed by atoms with Gasteiger partial charge in [0.15, 0.2) is 4.87 Å². The molecule has 0 spiro atoms. The van der Waals surface area contributed by atoms with Crippen LogP contribution in [-0.2, 0) is 4.79 Å². The largest absolute Gasteiger partial charge is 0.279 e. The monoisotopic (exact) mass is 224 g/mol. The first kappa shape index (κ1) is 10.1. The molecule has 1 nitrogen and oxygen atoms in total. The maximum atomic E-state index is 10.9. The van der Waals surface area contributed by atoms with Crippen LogP contribution in [0.4, 0.5) is 0 Å². The second-order valence-electron chi connectivity index (χ2n) is 2.67. The summed E-state index contributed by atoms with van der Waals surface area (Å²) in [7, 11) is 0. The summed E-state index contributed by atoms with van der Waals surface area (Å²) in [5, 5.41) is -1.21. The lowest BCUT2D eigenvalue weighted by Gasteiger charge is -2.27. The zero-order chi connectivity index (χ0) is 9.35. The van der Waals surface area contributed by atoms with Crippen LogP contribution in [0.15, 0.2) is 23.8 Å². The average molecular weight is 226 g/mol. The lowest BCUT2D eigenvalue weighted by Crippen LogP contribution is -2.39. The van der Waals surface area contributed by atoms with Gasteiger partial charge in [-0.2, -0.15) is 0 Å². The smallest absolute Gasteiger partial charge is 0.248 e. The van der Waals surface area contributed by atoms with Crippen molar-refractivity contribution in [2.75, 3.05) is 0 Å². The Morgan fingerprint density at radius 2 is 2.25 bits per heavy atom. The minimum Gasteiger partial charge on any atom is -0.279 e. The third-order valence-corrected chi connectivity index (χ3v) is 3.49. The number of carbonyl (C=O) groups excluding carboxylic acids is 1. The summed E-state index contributed by atoms with van der Waals surface area (Å²) in [5.74, 6) is 0. The molecule has 12 heavy (non-hydrogen) atoms. The summed E-state index contributed by atoms with van der Waals surface area (Å²) in [6, 6.07) is 0. The van der Waals surface area contributed by atoms with Gasteiger partial charge in [0, 0.05) is 0 Å². The van der Waals surface area contributed by atoms with Gasteiger partial charge < -0.3 is 0 Å². The summed E-state index contributed by atoms with van der Waals surface area (Å²) >= 11 is 17.2. The predicted molar refractivity (Wildman–Crippen MR) is 52.0 cm³/mol. The number of hydrogen-bond acceptors (Lipinski definition) is 1. The molecule has 0 fully saturated rings. The van der Waals surface area contributed by atoms with E-state index >= 15 is 0 Å². The van der Waals surface area contributed by atoms with Gasteiger partial charge in [-0.25, -0.2) is 0 Å². The van der Waals surface area contributed by atoms with Crippen LogP contribution in [-0.4, -0.2) is 15.5 Å². The predicted octanol–water partition coefficient (Wildman–Crippen LogP) is 2.85. The Bertz CT molecular complexity index is 269. The van der Waals surface area contributed by atoms with E-state index in [4.69, 9.17) is 34.8 Å². The van der Waals surface area contributed by atoms with Gasteiger partial charge in [0.1, 0.15) is 0 Å². The molecule has 0 heterocycles. The molecular weight excluding hydrogens is 218 g/mol. The van der Waals surface area contributed by atoms with E-state index in [0.29, 0.717) is 0 Å². The highest BCUT2D eigenvalue weighted by Crippen LogP contribution is 2.35. The Morgan fingerprint density at radius 3 is 2.67 bits per heavy atom. The zero-order valence-electron chi connectivity index (χ0n) is 6.35. The second-order valence-corrected chi connectivity index (χ2v) is 4.08. The second kappa shape index (κ2) is 3.41. The van der Waals surface area contributed by atoms with Gasteiger partial charge in [0.2, 0.25) is 5.24 Å². The Labute approximate surface area is 86.0 Å². The van der Waals surface area contributed by atoms with Gasteiger partial charge >= 0.3 is 0 Å². The van der Waals surface area contributed by atoms with Crippen molar-refractivity contribution in [3.63, 3.8) is 0 Å². The molecule has 66 valence electrons. The average Bonchev–Trinajstić information content (AvgIpc) is 2.00. The van der Waals surface area contributed by atoms with Crippen LogP contribution >= 0.6 is 34.8 Å². The fourth-order valence-electron chi connectivity index (χ4n) is 1.01. The molecular formula is C8H7Cl3O. The quantitative estimate of drug-likeness (QED) is 0.495. The molecule has 1 rings (SSSR count). The molecule has 2 atom stereocenters. The normalized spacial score (nSPS) is 34.7. The van der Waals surface area contributed by atoms with Crippen molar-refractivity contribution in [1.29, 1.82) is 0 Å². The highest BCUT2D eigenvalue weighted by Gasteiger charge is 2.41. The standard InChI is InChI=1S/C8H7Cl3O/c1-5-3-2-4-8(11,6(5)9)7(10)12/h2-4,6H,1H3. The molecule has 1 aliphatic carbocycles. The molecule has 0 N–H and O–H groups in total. The van der Waals surface area contributed by atoms with E-state index < -0.39 is 15.5 Å². The molecule has 2 unspecified atom stereocenters. The number of carbonyl (C=O) groups is 1. The Kier molecular flexibility index (Phi) is 2.87. The summed E-state index contributed by atoms with van der Waals surface area (Å²) < 4.78 is 0. The van der Waals surface area contributed by atoms with E-state index in [1.807, 2.05) is 0 Å². The van der Waals surface area contributed by atoms with Gasteiger partial charge in [-0.3, -0.25) is 4.79 Å². The van der Waals surface area contributed by atoms with E-state index in [2.05, 4.69) is 0 Å². The first-order chi connectivity index (χ1) is 5.48. The lowest BCUT2D eigenvalue weighted by atomic mass is 9.95. The minimum absolute atomic E-state index is 0.561. The topological polar surface area (TPSA) is 17.1 Å². The third-order valence-electron chi connectivity index (χ3n) is 1.77. The fraction of sp³-hybridized carbons (Fsp3) is 0.375. The molecule has 0 saturated carbocycles. The number of rotatable bonds is 1. The van der Waals surface area contributed by atoms with Crippen molar-refractivity contribution < 1.29 is 4.79 Å². The lowest BCUT2D eigenvalue weighted by molar-refractivity contribution is -0.112. The van der Waals surface area contributed by atoms with Crippen molar-refractivity contribution in [2.45, 2.75) is 17.2 Å². The Hall–Kier alpha value is 0.0200. The Balaban J connectivity index is 3.03. The van der Waals surface area contributed by atoms with Crippen molar-refractivity contribution in [1.82, 2.24) is 0 Å². The van der Waals surface area contributed by atoms with Crippen molar-refractivity contribution in [3.05, 3.63) is 23.8 Å². The number of hydrogen-bond donors (Lipinski definition) is 0. The van der Waals surface area contributed by atoms with Crippen molar-refractivity contribution in [3.8, 4) is 0 Å². The molecule has 0 radical (unpaired) electrons. The molecule has 0 bridgehead atoms. The molecule has 4 heteroatoms. The van der Waals surface area contributed by atoms with Gasteiger partial charge in [0.05, 0.1) is 5.38 Å². The molecule has 0 saturated heterocycles. The molecule has 0 aromatic rings. The number of allylic oxidation sites excluding steroid dienone is 4. The van der Waals surface area contributed by atoms with Crippen LogP contribution in [0.3, 0.4) is 0 Å². The van der Waals surface area contributed by atoms with Gasteiger partial charge in [-0.15, -0.1) is 23.2 Å². The van der Waals surface area contributed by atoms with E-state index in [1.165, 1.54) is 6.08 Å². The SMILES string of the molecule is CC1=CC=CC(Cl)(C(=O)Cl)C1Cl. The van der Waals surface area contributed by atoms with Gasteiger partial charge in [-0.1, -0.05) is 23.8 Å². The van der Waals surface area contributed by atoms with Crippen LogP contribution < -0.4 is 0 Å². The van der Waals surface area contributed by atoms with Crippen LogP contribution in [0.25, 0.3) is 0 Å². The van der Waals surface area contributed by atoms with E-state index in [9.17, 15) is 4.79 Å². The third kappa shape index (κ3) is 1.54. The highest BCUT2D eigenvalue weighted by atomic mass is 35.5. The number of alkyl halides is 2. The molecule has 1 aliphatic rings. The van der Waals surface area contributed by atoms with E-state index in [1.54, 1.807) is 19.1 Å². The fourth-order valence-corrected chi connectivity index (χ4v) is 1.72. The first-order valence-electron chi connectivity index (χ1n) is 3.37. The first-order valence-corrected chi connectivity index (χ1v) is 4.56. The maximum Gasteiger partial charge on any atom is 0.248 e. The molecule has 0 aromatic heterocycles. The maximum absolute atomic E-state index is 10.9. The van der Waals surface area contributed by atoms with Crippen molar-refractivity contribution >= 4 is 40.0 Å². The minimum atomic E-state index is -1.28. The molecule has 0 aromatic carbocycles. The molecule has 0 amide bonds. The molecule has 0 aliphatic heterocycles. The highest BCUT2D eigenvalue weighted by molar-refractivity contribution is 6.72.